The second-order valence-corrected chi connectivity index (χ2v) is 7.45. The quantitative estimate of drug-likeness (QED) is 0.893. The lowest BCUT2D eigenvalue weighted by atomic mass is 9.84. The third-order valence-electron chi connectivity index (χ3n) is 5.66. The molecule has 2 fully saturated rings. The highest BCUT2D eigenvalue weighted by Gasteiger charge is 2.39. The summed E-state index contributed by atoms with van der Waals surface area (Å²) in [5.74, 6) is 2.18. The Morgan fingerprint density at radius 1 is 1.04 bits per heavy atom. The summed E-state index contributed by atoms with van der Waals surface area (Å²) in [5, 5.41) is 0. The maximum atomic E-state index is 12.7. The highest BCUT2D eigenvalue weighted by atomic mass is 16.5. The van der Waals surface area contributed by atoms with Crippen molar-refractivity contribution in [3.63, 3.8) is 0 Å². The standard InChI is InChI=1S/C22H26N2O2/c23-20-12-13-24(22(25)17-7-5-8-17)21(20)15-16-6-4-11-19(14-16)26-18-9-2-1-3-10-18/h1-4,6,9-11,14,17,20-21H,5,7-8,12-13,15,23H2/t20-,21-/m0/s1. The number of hydrogen-bond donors (Lipinski definition) is 1. The number of nitrogens with zero attached hydrogens (tertiary/aromatic N) is 1. The summed E-state index contributed by atoms with van der Waals surface area (Å²) in [4.78, 5) is 14.8. The molecular weight excluding hydrogens is 324 g/mol. The number of carbonyl (C=O) groups excluding carboxylic acids is 1. The number of hydrogen-bond acceptors (Lipinski definition) is 3. The Hall–Kier alpha value is -2.33. The number of ether oxygens (including phenoxy) is 1. The van der Waals surface area contributed by atoms with Crippen molar-refractivity contribution >= 4 is 5.91 Å². The molecule has 2 aromatic rings. The van der Waals surface area contributed by atoms with Gasteiger partial charge < -0.3 is 15.4 Å². The minimum absolute atomic E-state index is 0.0534. The molecule has 0 bridgehead atoms. The molecule has 0 spiro atoms. The van der Waals surface area contributed by atoms with Crippen LogP contribution in [0.4, 0.5) is 0 Å². The van der Waals surface area contributed by atoms with Gasteiger partial charge in [-0.1, -0.05) is 36.8 Å². The Bertz CT molecular complexity index is 758. The Morgan fingerprint density at radius 2 is 1.81 bits per heavy atom. The number of amides is 1. The van der Waals surface area contributed by atoms with Crippen LogP contribution in [0.15, 0.2) is 54.6 Å². The van der Waals surface area contributed by atoms with Crippen LogP contribution in [0.5, 0.6) is 11.5 Å². The van der Waals surface area contributed by atoms with E-state index in [1.54, 1.807) is 0 Å². The zero-order valence-corrected chi connectivity index (χ0v) is 15.0. The summed E-state index contributed by atoms with van der Waals surface area (Å²) >= 11 is 0. The maximum Gasteiger partial charge on any atom is 0.225 e. The average Bonchev–Trinajstić information content (AvgIpc) is 2.95. The topological polar surface area (TPSA) is 55.6 Å². The van der Waals surface area contributed by atoms with Crippen molar-refractivity contribution in [3.8, 4) is 11.5 Å². The van der Waals surface area contributed by atoms with Gasteiger partial charge >= 0.3 is 0 Å². The molecule has 4 rings (SSSR count). The number of benzene rings is 2. The first-order valence-electron chi connectivity index (χ1n) is 9.58. The molecule has 1 saturated heterocycles. The van der Waals surface area contributed by atoms with Crippen LogP contribution in [-0.4, -0.2) is 29.4 Å². The van der Waals surface area contributed by atoms with Gasteiger partial charge in [0, 0.05) is 18.5 Å². The monoisotopic (exact) mass is 350 g/mol. The van der Waals surface area contributed by atoms with Crippen molar-refractivity contribution in [3.05, 3.63) is 60.2 Å². The molecule has 2 N–H and O–H groups in total. The SMILES string of the molecule is N[C@H]1CCN(C(=O)C2CCC2)[C@H]1Cc1cccc(Oc2ccccc2)c1. The van der Waals surface area contributed by atoms with Crippen LogP contribution >= 0.6 is 0 Å². The highest BCUT2D eigenvalue weighted by molar-refractivity contribution is 5.80. The number of likely N-dealkylation sites (tertiary alicyclic amines) is 1. The van der Waals surface area contributed by atoms with E-state index < -0.39 is 0 Å². The molecule has 1 amide bonds. The average molecular weight is 350 g/mol. The third kappa shape index (κ3) is 3.61. The summed E-state index contributed by atoms with van der Waals surface area (Å²) < 4.78 is 5.94. The van der Waals surface area contributed by atoms with Crippen molar-refractivity contribution < 1.29 is 9.53 Å². The van der Waals surface area contributed by atoms with Gasteiger partial charge in [-0.2, -0.15) is 0 Å². The van der Waals surface area contributed by atoms with E-state index in [0.717, 1.165) is 49.3 Å². The molecule has 26 heavy (non-hydrogen) atoms. The van der Waals surface area contributed by atoms with Crippen LogP contribution < -0.4 is 10.5 Å². The molecule has 1 aliphatic heterocycles. The van der Waals surface area contributed by atoms with Crippen molar-refractivity contribution in [2.24, 2.45) is 11.7 Å². The first kappa shape index (κ1) is 17.1. The van der Waals surface area contributed by atoms with Crippen molar-refractivity contribution in [2.75, 3.05) is 6.54 Å². The van der Waals surface area contributed by atoms with E-state index in [9.17, 15) is 4.79 Å². The highest BCUT2D eigenvalue weighted by Crippen LogP contribution is 2.32. The lowest BCUT2D eigenvalue weighted by Gasteiger charge is -2.33. The molecule has 4 nitrogen and oxygen atoms in total. The molecule has 1 aliphatic carbocycles. The molecule has 136 valence electrons. The summed E-state index contributed by atoms with van der Waals surface area (Å²) in [5.41, 5.74) is 7.51. The second-order valence-electron chi connectivity index (χ2n) is 7.45. The molecule has 1 saturated carbocycles. The summed E-state index contributed by atoms with van der Waals surface area (Å²) in [6.45, 7) is 0.793. The fourth-order valence-electron chi connectivity index (χ4n) is 3.90. The zero-order valence-electron chi connectivity index (χ0n) is 15.0. The van der Waals surface area contributed by atoms with Gasteiger partial charge in [0.05, 0.1) is 6.04 Å². The van der Waals surface area contributed by atoms with Crippen LogP contribution in [0.25, 0.3) is 0 Å². The van der Waals surface area contributed by atoms with E-state index in [1.807, 2.05) is 47.4 Å². The predicted molar refractivity (Wildman–Crippen MR) is 102 cm³/mol. The first-order valence-corrected chi connectivity index (χ1v) is 9.58. The minimum Gasteiger partial charge on any atom is -0.457 e. The first-order chi connectivity index (χ1) is 12.7. The fourth-order valence-corrected chi connectivity index (χ4v) is 3.90. The number of para-hydroxylation sites is 1. The molecule has 4 heteroatoms. The van der Waals surface area contributed by atoms with E-state index in [2.05, 4.69) is 12.1 Å². The van der Waals surface area contributed by atoms with Gasteiger partial charge in [0.15, 0.2) is 0 Å². The van der Waals surface area contributed by atoms with Gasteiger partial charge in [0.2, 0.25) is 5.91 Å². The fraction of sp³-hybridized carbons (Fsp3) is 0.409. The van der Waals surface area contributed by atoms with Gasteiger partial charge in [-0.3, -0.25) is 4.79 Å². The van der Waals surface area contributed by atoms with Crippen molar-refractivity contribution in [1.29, 1.82) is 0 Å². The smallest absolute Gasteiger partial charge is 0.225 e. The Kier molecular flexibility index (Phi) is 4.93. The van der Waals surface area contributed by atoms with Gasteiger partial charge in [0.1, 0.15) is 11.5 Å². The molecule has 1 heterocycles. The summed E-state index contributed by atoms with van der Waals surface area (Å²) in [7, 11) is 0. The predicted octanol–water partition coefficient (Wildman–Crippen LogP) is 3.75. The molecule has 2 aromatic carbocycles. The van der Waals surface area contributed by atoms with Gasteiger partial charge in [0.25, 0.3) is 0 Å². The minimum atomic E-state index is 0.0534. The zero-order chi connectivity index (χ0) is 17.9. The number of carbonyl (C=O) groups is 1. The lowest BCUT2D eigenvalue weighted by molar-refractivity contribution is -0.139. The Morgan fingerprint density at radius 3 is 2.54 bits per heavy atom. The summed E-state index contributed by atoms with van der Waals surface area (Å²) in [6, 6.07) is 18.0. The Balaban J connectivity index is 1.47. The lowest BCUT2D eigenvalue weighted by Crippen LogP contribution is -2.47. The van der Waals surface area contributed by atoms with Crippen LogP contribution in [0.2, 0.25) is 0 Å². The van der Waals surface area contributed by atoms with Crippen LogP contribution in [0.1, 0.15) is 31.2 Å². The second kappa shape index (κ2) is 7.50. The molecular formula is C22H26N2O2. The summed E-state index contributed by atoms with van der Waals surface area (Å²) in [6.07, 6.45) is 4.93. The van der Waals surface area contributed by atoms with E-state index in [-0.39, 0.29) is 18.0 Å². The van der Waals surface area contributed by atoms with Gasteiger partial charge in [-0.15, -0.1) is 0 Å². The van der Waals surface area contributed by atoms with E-state index in [1.165, 1.54) is 6.42 Å². The van der Waals surface area contributed by atoms with Crippen LogP contribution in [-0.2, 0) is 11.2 Å². The van der Waals surface area contributed by atoms with Crippen LogP contribution in [0, 0.1) is 5.92 Å². The van der Waals surface area contributed by atoms with E-state index in [0.29, 0.717) is 5.91 Å². The molecule has 0 aromatic heterocycles. The third-order valence-corrected chi connectivity index (χ3v) is 5.66. The normalized spacial score (nSPS) is 22.9. The largest absolute Gasteiger partial charge is 0.457 e. The molecule has 2 atom stereocenters. The van der Waals surface area contributed by atoms with Gasteiger partial charge in [-0.25, -0.2) is 0 Å². The number of rotatable bonds is 5. The number of nitrogens with two attached hydrogens (primary N) is 1. The van der Waals surface area contributed by atoms with E-state index >= 15 is 0 Å². The van der Waals surface area contributed by atoms with Crippen LogP contribution in [0.3, 0.4) is 0 Å². The Labute approximate surface area is 155 Å². The molecule has 0 radical (unpaired) electrons. The van der Waals surface area contributed by atoms with Crippen molar-refractivity contribution in [1.82, 2.24) is 4.90 Å². The van der Waals surface area contributed by atoms with Crippen molar-refractivity contribution in [2.45, 2.75) is 44.2 Å². The van der Waals surface area contributed by atoms with E-state index in [4.69, 9.17) is 10.5 Å². The maximum absolute atomic E-state index is 12.7. The van der Waals surface area contributed by atoms with Gasteiger partial charge in [-0.05, 0) is 55.5 Å². The molecule has 2 aliphatic rings. The molecule has 0 unspecified atom stereocenters.